The van der Waals surface area contributed by atoms with Crippen molar-refractivity contribution in [3.63, 3.8) is 0 Å². The zero-order valence-corrected chi connectivity index (χ0v) is 18.7. The highest BCUT2D eigenvalue weighted by Crippen LogP contribution is 2.27. The molecule has 1 aliphatic heterocycles. The molecular formula is C23H32N6O2. The molecular weight excluding hydrogens is 392 g/mol. The van der Waals surface area contributed by atoms with E-state index in [2.05, 4.69) is 53.0 Å². The van der Waals surface area contributed by atoms with Gasteiger partial charge in [-0.05, 0) is 26.0 Å². The van der Waals surface area contributed by atoms with Gasteiger partial charge in [-0.15, -0.1) is 0 Å². The van der Waals surface area contributed by atoms with Gasteiger partial charge in [-0.1, -0.05) is 43.7 Å². The summed E-state index contributed by atoms with van der Waals surface area (Å²) in [4.78, 5) is 37.3. The summed E-state index contributed by atoms with van der Waals surface area (Å²) in [7, 11) is 2.15. The van der Waals surface area contributed by atoms with E-state index in [1.165, 1.54) is 5.56 Å². The number of H-pyrrole nitrogens is 1. The molecule has 1 fully saturated rings. The number of hydrogen-bond acceptors (Lipinski definition) is 5. The van der Waals surface area contributed by atoms with Crippen molar-refractivity contribution in [2.45, 2.75) is 52.4 Å². The van der Waals surface area contributed by atoms with Crippen molar-refractivity contribution in [1.29, 1.82) is 0 Å². The molecule has 8 heteroatoms. The fourth-order valence-electron chi connectivity index (χ4n) is 4.52. The molecule has 3 heterocycles. The Hall–Kier alpha value is -2.71. The lowest BCUT2D eigenvalue weighted by Gasteiger charge is -2.40. The van der Waals surface area contributed by atoms with Gasteiger partial charge in [0.2, 0.25) is 0 Å². The van der Waals surface area contributed by atoms with Gasteiger partial charge in [-0.3, -0.25) is 19.2 Å². The van der Waals surface area contributed by atoms with Gasteiger partial charge in [0.1, 0.15) is 5.82 Å². The Balaban J connectivity index is 1.76. The fraction of sp³-hybridized carbons (Fsp3) is 0.522. The summed E-state index contributed by atoms with van der Waals surface area (Å²) in [6.07, 6.45) is 1.83. The smallest absolute Gasteiger partial charge is 0.321 e. The van der Waals surface area contributed by atoms with Crippen molar-refractivity contribution in [2.75, 3.05) is 26.7 Å². The van der Waals surface area contributed by atoms with Gasteiger partial charge in [-0.25, -0.2) is 9.78 Å². The molecule has 8 nitrogen and oxygen atoms in total. The topological polar surface area (TPSA) is 79.2 Å². The first-order valence-corrected chi connectivity index (χ1v) is 11.2. The van der Waals surface area contributed by atoms with Gasteiger partial charge < -0.3 is 9.47 Å². The van der Waals surface area contributed by atoms with Crippen LogP contribution < -0.4 is 11.2 Å². The number of nitrogens with one attached hydrogen (secondary N) is 1. The average molecular weight is 425 g/mol. The minimum atomic E-state index is -0.375. The maximum atomic E-state index is 12.7. The second kappa shape index (κ2) is 9.20. The van der Waals surface area contributed by atoms with Gasteiger partial charge in [0, 0.05) is 38.8 Å². The fourth-order valence-corrected chi connectivity index (χ4v) is 4.52. The molecule has 0 radical (unpaired) electrons. The Labute approximate surface area is 182 Å². The third-order valence-electron chi connectivity index (χ3n) is 6.24. The Morgan fingerprint density at radius 3 is 2.58 bits per heavy atom. The summed E-state index contributed by atoms with van der Waals surface area (Å²) < 4.78 is 3.59. The molecule has 166 valence electrons. The van der Waals surface area contributed by atoms with Gasteiger partial charge in [0.15, 0.2) is 11.2 Å². The van der Waals surface area contributed by atoms with Crippen LogP contribution in [0.2, 0.25) is 0 Å². The number of hydrogen-bond donors (Lipinski definition) is 1. The zero-order chi connectivity index (χ0) is 22.0. The molecule has 1 saturated heterocycles. The molecule has 0 spiro atoms. The highest BCUT2D eigenvalue weighted by molar-refractivity contribution is 5.71. The van der Waals surface area contributed by atoms with Crippen molar-refractivity contribution < 1.29 is 0 Å². The predicted octanol–water partition coefficient (Wildman–Crippen LogP) is 2.20. The lowest BCUT2D eigenvalue weighted by Crippen LogP contribution is -2.46. The number of likely N-dealkylation sites (N-methyl/N-ethyl adjacent to an activating group) is 1. The van der Waals surface area contributed by atoms with Crippen LogP contribution in [0.25, 0.3) is 11.2 Å². The zero-order valence-electron chi connectivity index (χ0n) is 18.7. The molecule has 1 atom stereocenters. The summed E-state index contributed by atoms with van der Waals surface area (Å²) in [6.45, 7) is 8.77. The van der Waals surface area contributed by atoms with E-state index in [9.17, 15) is 9.59 Å². The van der Waals surface area contributed by atoms with E-state index in [1.807, 2.05) is 17.6 Å². The van der Waals surface area contributed by atoms with E-state index in [0.29, 0.717) is 30.8 Å². The summed E-state index contributed by atoms with van der Waals surface area (Å²) in [5, 5.41) is 0. The molecule has 1 unspecified atom stereocenters. The highest BCUT2D eigenvalue weighted by atomic mass is 16.2. The van der Waals surface area contributed by atoms with Gasteiger partial charge >= 0.3 is 5.69 Å². The van der Waals surface area contributed by atoms with E-state index in [4.69, 9.17) is 4.98 Å². The number of imidazole rings is 1. The monoisotopic (exact) mass is 424 g/mol. The van der Waals surface area contributed by atoms with Crippen LogP contribution in [0.15, 0.2) is 39.9 Å². The second-order valence-corrected chi connectivity index (χ2v) is 8.37. The predicted molar refractivity (Wildman–Crippen MR) is 122 cm³/mol. The number of aromatic nitrogens is 4. The number of nitrogens with zero attached hydrogens (tertiary/aromatic N) is 5. The normalized spacial score (nSPS) is 18.1. The first-order chi connectivity index (χ1) is 15.0. The van der Waals surface area contributed by atoms with Crippen LogP contribution in [-0.4, -0.2) is 55.6 Å². The highest BCUT2D eigenvalue weighted by Gasteiger charge is 2.28. The third kappa shape index (κ3) is 4.22. The van der Waals surface area contributed by atoms with Crippen LogP contribution >= 0.6 is 0 Å². The van der Waals surface area contributed by atoms with E-state index >= 15 is 0 Å². The summed E-state index contributed by atoms with van der Waals surface area (Å²) in [5.74, 6) is 0.837. The molecule has 2 aromatic heterocycles. The first kappa shape index (κ1) is 21.5. The first-order valence-electron chi connectivity index (χ1n) is 11.2. The van der Waals surface area contributed by atoms with E-state index < -0.39 is 0 Å². The molecule has 3 aromatic rings. The van der Waals surface area contributed by atoms with Crippen molar-refractivity contribution in [1.82, 2.24) is 28.9 Å². The number of rotatable bonds is 7. The standard InChI is InChI=1S/C23H32N6O2/c1-4-6-12-29-21-20(22(30)25-23(29)31)28(5-2)19(24-21)16-27-14-13-26(3)15-18(27)17-10-8-7-9-11-17/h7-11,18H,4-6,12-16H2,1-3H3,(H,25,30,31). The van der Waals surface area contributed by atoms with Gasteiger partial charge in [0.05, 0.1) is 6.54 Å². The lowest BCUT2D eigenvalue weighted by molar-refractivity contribution is 0.0802. The number of fused-ring (bicyclic) bond motifs is 1. The Morgan fingerprint density at radius 2 is 1.87 bits per heavy atom. The lowest BCUT2D eigenvalue weighted by atomic mass is 10.0. The molecule has 1 aromatic carbocycles. The summed E-state index contributed by atoms with van der Waals surface area (Å²) >= 11 is 0. The maximum absolute atomic E-state index is 12.7. The van der Waals surface area contributed by atoms with Gasteiger partial charge in [-0.2, -0.15) is 0 Å². The molecule has 0 bridgehead atoms. The molecule has 0 saturated carbocycles. The SMILES string of the molecule is CCCCn1c(=O)[nH]c(=O)c2c1nc(CN1CCN(C)CC1c1ccccc1)n2CC. The molecule has 0 aliphatic carbocycles. The van der Waals surface area contributed by atoms with E-state index in [-0.39, 0.29) is 17.3 Å². The molecule has 4 rings (SSSR count). The molecule has 1 N–H and O–H groups in total. The van der Waals surface area contributed by atoms with Crippen molar-refractivity contribution in [2.24, 2.45) is 0 Å². The van der Waals surface area contributed by atoms with Gasteiger partial charge in [0.25, 0.3) is 5.56 Å². The number of aromatic amines is 1. The van der Waals surface area contributed by atoms with Crippen LogP contribution in [0.1, 0.15) is 44.1 Å². The second-order valence-electron chi connectivity index (χ2n) is 8.37. The van der Waals surface area contributed by atoms with Crippen LogP contribution in [-0.2, 0) is 19.6 Å². The number of unbranched alkanes of at least 4 members (excludes halogenated alkanes) is 1. The van der Waals surface area contributed by atoms with Crippen LogP contribution in [0.3, 0.4) is 0 Å². The van der Waals surface area contributed by atoms with Crippen LogP contribution in [0.4, 0.5) is 0 Å². The van der Waals surface area contributed by atoms with Crippen LogP contribution in [0.5, 0.6) is 0 Å². The quantitative estimate of drug-likeness (QED) is 0.629. The van der Waals surface area contributed by atoms with Crippen molar-refractivity contribution in [3.05, 3.63) is 62.6 Å². The largest absolute Gasteiger partial charge is 0.330 e. The summed E-state index contributed by atoms with van der Waals surface area (Å²) in [5.41, 5.74) is 1.56. The molecule has 31 heavy (non-hydrogen) atoms. The minimum absolute atomic E-state index is 0.255. The Bertz CT molecular complexity index is 1150. The number of piperazine rings is 1. The third-order valence-corrected chi connectivity index (χ3v) is 6.24. The molecule has 1 aliphatic rings. The average Bonchev–Trinajstić information content (AvgIpc) is 3.14. The van der Waals surface area contributed by atoms with Crippen LogP contribution in [0, 0.1) is 0 Å². The molecule has 0 amide bonds. The number of benzene rings is 1. The Morgan fingerprint density at radius 1 is 1.10 bits per heavy atom. The Kier molecular flexibility index (Phi) is 6.38. The van der Waals surface area contributed by atoms with E-state index in [1.54, 1.807) is 4.57 Å². The number of aryl methyl sites for hydroxylation is 2. The van der Waals surface area contributed by atoms with E-state index in [0.717, 1.165) is 38.3 Å². The van der Waals surface area contributed by atoms with Crippen molar-refractivity contribution >= 4 is 11.2 Å². The van der Waals surface area contributed by atoms with Crippen molar-refractivity contribution in [3.8, 4) is 0 Å². The minimum Gasteiger partial charge on any atom is -0.321 e. The maximum Gasteiger partial charge on any atom is 0.330 e. The summed E-state index contributed by atoms with van der Waals surface area (Å²) in [6, 6.07) is 10.8.